The van der Waals surface area contributed by atoms with E-state index in [1.807, 2.05) is 11.5 Å². The molecule has 0 saturated carbocycles. The van der Waals surface area contributed by atoms with Gasteiger partial charge in [0.1, 0.15) is 5.82 Å². The van der Waals surface area contributed by atoms with Crippen LogP contribution in [0.15, 0.2) is 24.3 Å². The number of halogens is 3. The molecule has 1 aromatic heterocycles. The van der Waals surface area contributed by atoms with E-state index in [0.29, 0.717) is 31.8 Å². The lowest BCUT2D eigenvalue weighted by Crippen LogP contribution is -2.37. The monoisotopic (exact) mass is 408 g/mol. The molecule has 6 nitrogen and oxygen atoms in total. The molecule has 0 atom stereocenters. The molecule has 1 N–H and O–H groups in total. The molecule has 2 amide bonds. The van der Waals surface area contributed by atoms with Gasteiger partial charge in [-0.05, 0) is 19.1 Å². The van der Waals surface area contributed by atoms with Gasteiger partial charge >= 0.3 is 6.18 Å². The molecule has 1 aliphatic heterocycles. The minimum absolute atomic E-state index is 0.0887. The summed E-state index contributed by atoms with van der Waals surface area (Å²) in [6, 6.07) is 4.84. The maximum atomic E-state index is 13.3. The predicted octanol–water partition coefficient (Wildman–Crippen LogP) is 3.15. The fraction of sp³-hybridized carbons (Fsp3) is 0.450. The Morgan fingerprint density at radius 1 is 1.21 bits per heavy atom. The molecule has 0 fully saturated rings. The second kappa shape index (κ2) is 8.26. The van der Waals surface area contributed by atoms with Crippen LogP contribution in [0.4, 0.5) is 13.2 Å². The van der Waals surface area contributed by atoms with E-state index in [-0.39, 0.29) is 24.6 Å². The zero-order valence-electron chi connectivity index (χ0n) is 16.3. The van der Waals surface area contributed by atoms with E-state index in [4.69, 9.17) is 0 Å². The van der Waals surface area contributed by atoms with Crippen LogP contribution < -0.4 is 5.32 Å². The summed E-state index contributed by atoms with van der Waals surface area (Å²) in [4.78, 5) is 30.4. The van der Waals surface area contributed by atoms with Crippen LogP contribution in [0, 0.1) is 0 Å². The van der Waals surface area contributed by atoms with Gasteiger partial charge in [0.25, 0.3) is 5.91 Å². The molecule has 0 radical (unpaired) electrons. The van der Waals surface area contributed by atoms with Gasteiger partial charge in [-0.15, -0.1) is 0 Å². The lowest BCUT2D eigenvalue weighted by atomic mass is 10.0. The molecule has 29 heavy (non-hydrogen) atoms. The second-order valence-electron chi connectivity index (χ2n) is 6.82. The number of nitrogens with one attached hydrogen (secondary N) is 1. The Morgan fingerprint density at radius 2 is 1.93 bits per heavy atom. The van der Waals surface area contributed by atoms with E-state index >= 15 is 0 Å². The number of nitrogens with zero attached hydrogens (tertiary/aromatic N) is 3. The zero-order chi connectivity index (χ0) is 21.2. The van der Waals surface area contributed by atoms with Crippen LogP contribution in [0.1, 0.15) is 53.4 Å². The molecule has 2 heterocycles. The van der Waals surface area contributed by atoms with Crippen molar-refractivity contribution in [3.63, 3.8) is 0 Å². The number of aromatic nitrogens is 2. The van der Waals surface area contributed by atoms with Crippen LogP contribution in [0.2, 0.25) is 0 Å². The minimum Gasteiger partial charge on any atom is -0.349 e. The van der Waals surface area contributed by atoms with Crippen LogP contribution in [0.5, 0.6) is 0 Å². The smallest absolute Gasteiger partial charge is 0.349 e. The Labute approximate surface area is 166 Å². The maximum Gasteiger partial charge on any atom is 0.417 e. The van der Waals surface area contributed by atoms with Gasteiger partial charge in [0.2, 0.25) is 5.91 Å². The van der Waals surface area contributed by atoms with Crippen molar-refractivity contribution in [1.82, 2.24) is 19.8 Å². The van der Waals surface area contributed by atoms with Crippen LogP contribution in [-0.2, 0) is 37.0 Å². The van der Waals surface area contributed by atoms with Gasteiger partial charge in [-0.25, -0.2) is 4.98 Å². The Hall–Kier alpha value is -2.84. The quantitative estimate of drug-likeness (QED) is 0.827. The topological polar surface area (TPSA) is 67.2 Å². The van der Waals surface area contributed by atoms with Gasteiger partial charge in [0.05, 0.1) is 35.6 Å². The summed E-state index contributed by atoms with van der Waals surface area (Å²) >= 11 is 0. The number of imidazole rings is 1. The van der Waals surface area contributed by atoms with E-state index in [1.165, 1.54) is 23.1 Å². The third-order valence-electron chi connectivity index (χ3n) is 5.02. The number of benzene rings is 1. The number of alkyl halides is 3. The number of amides is 2. The number of carbonyl (C=O) groups is 2. The summed E-state index contributed by atoms with van der Waals surface area (Å²) in [5.41, 5.74) is 0.349. The molecule has 0 saturated heterocycles. The molecular formula is C20H23F3N4O2. The van der Waals surface area contributed by atoms with E-state index < -0.39 is 17.6 Å². The lowest BCUT2D eigenvalue weighted by molar-refractivity contribution is -0.138. The van der Waals surface area contributed by atoms with Crippen LogP contribution in [0.25, 0.3) is 0 Å². The van der Waals surface area contributed by atoms with Crippen molar-refractivity contribution >= 4 is 11.8 Å². The zero-order valence-corrected chi connectivity index (χ0v) is 16.3. The molecule has 1 aliphatic rings. The molecule has 9 heteroatoms. The highest BCUT2D eigenvalue weighted by molar-refractivity contribution is 5.96. The van der Waals surface area contributed by atoms with E-state index in [9.17, 15) is 22.8 Å². The fourth-order valence-electron chi connectivity index (χ4n) is 3.54. The SMILES string of the molecule is CCC(=O)NCc1nc2c(n1CC)CN(C(=O)c1ccccc1C(F)(F)F)CC2. The fourth-order valence-corrected chi connectivity index (χ4v) is 3.54. The maximum absolute atomic E-state index is 13.3. The number of carbonyl (C=O) groups excluding carboxylic acids is 2. The molecule has 3 rings (SSSR count). The summed E-state index contributed by atoms with van der Waals surface area (Å²) < 4.78 is 41.8. The lowest BCUT2D eigenvalue weighted by Gasteiger charge is -2.28. The van der Waals surface area contributed by atoms with Crippen molar-refractivity contribution in [3.05, 3.63) is 52.6 Å². The number of fused-ring (bicyclic) bond motifs is 1. The van der Waals surface area contributed by atoms with Crippen LogP contribution >= 0.6 is 0 Å². The van der Waals surface area contributed by atoms with Crippen molar-refractivity contribution in [3.8, 4) is 0 Å². The Morgan fingerprint density at radius 3 is 2.59 bits per heavy atom. The van der Waals surface area contributed by atoms with Gasteiger partial charge in [-0.2, -0.15) is 13.2 Å². The van der Waals surface area contributed by atoms with Gasteiger partial charge in [-0.1, -0.05) is 19.1 Å². The average molecular weight is 408 g/mol. The second-order valence-corrected chi connectivity index (χ2v) is 6.82. The standard InChI is InChI=1S/C20H23F3N4O2/c1-3-18(28)24-11-17-25-15-9-10-26(12-16(15)27(17)4-2)19(29)13-7-5-6-8-14(13)20(21,22)23/h5-8H,3-4,9-12H2,1-2H3,(H,24,28). The Kier molecular flexibility index (Phi) is 5.95. The van der Waals surface area contributed by atoms with E-state index in [2.05, 4.69) is 10.3 Å². The van der Waals surface area contributed by atoms with Gasteiger partial charge in [0.15, 0.2) is 0 Å². The summed E-state index contributed by atoms with van der Waals surface area (Å²) in [5, 5.41) is 2.79. The first-order valence-electron chi connectivity index (χ1n) is 9.55. The van der Waals surface area contributed by atoms with Crippen molar-refractivity contribution < 1.29 is 22.8 Å². The van der Waals surface area contributed by atoms with E-state index in [1.54, 1.807) is 6.92 Å². The number of rotatable bonds is 5. The number of hydrogen-bond donors (Lipinski definition) is 1. The third-order valence-corrected chi connectivity index (χ3v) is 5.02. The summed E-state index contributed by atoms with van der Waals surface area (Å²) in [6.07, 6.45) is -3.77. The van der Waals surface area contributed by atoms with Gasteiger partial charge in [0, 0.05) is 25.9 Å². The van der Waals surface area contributed by atoms with Crippen molar-refractivity contribution in [2.24, 2.45) is 0 Å². The van der Waals surface area contributed by atoms with Crippen molar-refractivity contribution in [1.29, 1.82) is 0 Å². The van der Waals surface area contributed by atoms with Crippen LogP contribution in [0.3, 0.4) is 0 Å². The first kappa shape index (κ1) is 20.9. The molecule has 2 aromatic rings. The highest BCUT2D eigenvalue weighted by Gasteiger charge is 2.37. The first-order valence-corrected chi connectivity index (χ1v) is 9.55. The van der Waals surface area contributed by atoms with E-state index in [0.717, 1.165) is 17.5 Å². The van der Waals surface area contributed by atoms with Gasteiger partial charge in [-0.3, -0.25) is 9.59 Å². The molecule has 0 spiro atoms. The average Bonchev–Trinajstić information content (AvgIpc) is 3.07. The summed E-state index contributed by atoms with van der Waals surface area (Å²) in [6.45, 7) is 5.02. The Balaban J connectivity index is 1.85. The normalized spacial score (nSPS) is 13.9. The molecule has 156 valence electrons. The van der Waals surface area contributed by atoms with Crippen molar-refractivity contribution in [2.75, 3.05) is 6.54 Å². The minimum atomic E-state index is -4.59. The molecule has 0 bridgehead atoms. The first-order chi connectivity index (χ1) is 13.8. The van der Waals surface area contributed by atoms with Crippen molar-refractivity contribution in [2.45, 2.75) is 52.5 Å². The van der Waals surface area contributed by atoms with Crippen LogP contribution in [-0.4, -0.2) is 32.8 Å². The largest absolute Gasteiger partial charge is 0.417 e. The number of hydrogen-bond acceptors (Lipinski definition) is 3. The summed E-state index contributed by atoms with van der Waals surface area (Å²) in [7, 11) is 0. The Bertz CT molecular complexity index is 921. The third kappa shape index (κ3) is 4.28. The highest BCUT2D eigenvalue weighted by atomic mass is 19.4. The van der Waals surface area contributed by atoms with Gasteiger partial charge < -0.3 is 14.8 Å². The molecular weight excluding hydrogens is 385 g/mol. The molecule has 0 aliphatic carbocycles. The molecule has 1 aromatic carbocycles. The predicted molar refractivity (Wildman–Crippen MR) is 99.9 cm³/mol. The summed E-state index contributed by atoms with van der Waals surface area (Å²) in [5.74, 6) is -0.0493. The highest BCUT2D eigenvalue weighted by Crippen LogP contribution is 2.33. The molecule has 0 unspecified atom stereocenters.